The smallest absolute Gasteiger partial charge is 0.244 e. The molecular formula is C11H13NO2. The number of nitrogens with zero attached hydrogens (tertiary/aromatic N) is 1. The molecule has 1 rings (SSSR count). The lowest BCUT2D eigenvalue weighted by Crippen LogP contribution is -2.01. The van der Waals surface area contributed by atoms with Crippen molar-refractivity contribution >= 4 is 0 Å². The Bertz CT molecular complexity index is 355. The summed E-state index contributed by atoms with van der Waals surface area (Å²) in [4.78, 5) is 3.16. The Morgan fingerprint density at radius 1 is 1.50 bits per heavy atom. The molecule has 0 saturated heterocycles. The van der Waals surface area contributed by atoms with E-state index in [1.807, 2.05) is 19.1 Å². The van der Waals surface area contributed by atoms with E-state index in [1.165, 1.54) is 0 Å². The molecule has 0 aromatic heterocycles. The molecule has 1 unspecified atom stereocenters. The Hall–Kier alpha value is -1.53. The quantitative estimate of drug-likeness (QED) is 0.741. The number of benzene rings is 1. The lowest BCUT2D eigenvalue weighted by Gasteiger charge is -2.08. The SMILES string of the molecule is [C-]#[N+]CC(O)c1cc(C)cc(OC)c1. The average molecular weight is 191 g/mol. The molecule has 0 fully saturated rings. The minimum absolute atomic E-state index is 0.0899. The molecule has 0 saturated carbocycles. The van der Waals surface area contributed by atoms with Crippen LogP contribution in [0.5, 0.6) is 5.75 Å². The predicted octanol–water partition coefficient (Wildman–Crippen LogP) is 1.96. The van der Waals surface area contributed by atoms with E-state index in [1.54, 1.807) is 13.2 Å². The van der Waals surface area contributed by atoms with Gasteiger partial charge in [0.05, 0.1) is 7.11 Å². The zero-order valence-electron chi connectivity index (χ0n) is 8.32. The second-order valence-corrected chi connectivity index (χ2v) is 3.14. The molecule has 0 radical (unpaired) electrons. The summed E-state index contributed by atoms with van der Waals surface area (Å²) in [5.74, 6) is 0.712. The van der Waals surface area contributed by atoms with Crippen molar-refractivity contribution in [1.82, 2.24) is 0 Å². The molecule has 0 aliphatic rings. The zero-order chi connectivity index (χ0) is 10.6. The van der Waals surface area contributed by atoms with E-state index in [4.69, 9.17) is 11.3 Å². The highest BCUT2D eigenvalue weighted by molar-refractivity contribution is 5.35. The van der Waals surface area contributed by atoms with Crippen molar-refractivity contribution in [1.29, 1.82) is 0 Å². The van der Waals surface area contributed by atoms with Crippen LogP contribution in [0.3, 0.4) is 0 Å². The Morgan fingerprint density at radius 2 is 2.21 bits per heavy atom. The van der Waals surface area contributed by atoms with Crippen molar-refractivity contribution in [2.45, 2.75) is 13.0 Å². The zero-order valence-corrected chi connectivity index (χ0v) is 8.32. The molecule has 0 aliphatic carbocycles. The van der Waals surface area contributed by atoms with E-state index >= 15 is 0 Å². The summed E-state index contributed by atoms with van der Waals surface area (Å²) in [6.45, 7) is 8.69. The third-order valence-corrected chi connectivity index (χ3v) is 1.96. The number of hydrogen-bond acceptors (Lipinski definition) is 2. The molecule has 74 valence electrons. The van der Waals surface area contributed by atoms with Crippen LogP contribution in [0.4, 0.5) is 0 Å². The van der Waals surface area contributed by atoms with Crippen LogP contribution in [0.15, 0.2) is 18.2 Å². The second-order valence-electron chi connectivity index (χ2n) is 3.14. The van der Waals surface area contributed by atoms with Gasteiger partial charge in [-0.05, 0) is 30.2 Å². The van der Waals surface area contributed by atoms with Crippen LogP contribution in [-0.4, -0.2) is 18.8 Å². The van der Waals surface area contributed by atoms with Gasteiger partial charge in [-0.25, -0.2) is 6.57 Å². The summed E-state index contributed by atoms with van der Waals surface area (Å²) in [5.41, 5.74) is 1.75. The fraction of sp³-hybridized carbons (Fsp3) is 0.364. The summed E-state index contributed by atoms with van der Waals surface area (Å²) in [6.07, 6.45) is -0.721. The van der Waals surface area contributed by atoms with E-state index in [-0.39, 0.29) is 6.54 Å². The average Bonchev–Trinajstić information content (AvgIpc) is 2.17. The van der Waals surface area contributed by atoms with Crippen LogP contribution in [0.25, 0.3) is 4.85 Å². The molecule has 14 heavy (non-hydrogen) atoms. The van der Waals surface area contributed by atoms with Gasteiger partial charge in [0.2, 0.25) is 6.54 Å². The van der Waals surface area contributed by atoms with Crippen LogP contribution >= 0.6 is 0 Å². The molecule has 3 nitrogen and oxygen atoms in total. The van der Waals surface area contributed by atoms with E-state index in [0.29, 0.717) is 5.75 Å². The number of aryl methyl sites for hydroxylation is 1. The summed E-state index contributed by atoms with van der Waals surface area (Å²) >= 11 is 0. The molecule has 1 aromatic carbocycles. The lowest BCUT2D eigenvalue weighted by atomic mass is 10.1. The molecule has 1 atom stereocenters. The number of aliphatic hydroxyl groups is 1. The van der Waals surface area contributed by atoms with Crippen LogP contribution in [-0.2, 0) is 0 Å². The molecule has 0 heterocycles. The van der Waals surface area contributed by atoms with E-state index < -0.39 is 6.10 Å². The number of methoxy groups -OCH3 is 1. The summed E-state index contributed by atoms with van der Waals surface area (Å²) in [6, 6.07) is 5.50. The maximum Gasteiger partial charge on any atom is 0.244 e. The molecule has 0 spiro atoms. The van der Waals surface area contributed by atoms with Crippen molar-refractivity contribution in [2.24, 2.45) is 0 Å². The number of rotatable bonds is 3. The topological polar surface area (TPSA) is 33.8 Å². The van der Waals surface area contributed by atoms with Crippen molar-refractivity contribution in [2.75, 3.05) is 13.7 Å². The van der Waals surface area contributed by atoms with E-state index in [9.17, 15) is 5.11 Å². The molecule has 0 amide bonds. The molecule has 1 aromatic rings. The number of aliphatic hydroxyl groups excluding tert-OH is 1. The molecule has 0 bridgehead atoms. The van der Waals surface area contributed by atoms with Gasteiger partial charge in [0.1, 0.15) is 5.75 Å². The first-order valence-electron chi connectivity index (χ1n) is 4.34. The minimum Gasteiger partial charge on any atom is -0.497 e. The van der Waals surface area contributed by atoms with Gasteiger partial charge in [0, 0.05) is 0 Å². The van der Waals surface area contributed by atoms with Gasteiger partial charge in [-0.1, -0.05) is 6.07 Å². The van der Waals surface area contributed by atoms with Gasteiger partial charge in [-0.2, -0.15) is 0 Å². The summed E-state index contributed by atoms with van der Waals surface area (Å²) in [5, 5.41) is 9.60. The van der Waals surface area contributed by atoms with Crippen LogP contribution in [0.1, 0.15) is 17.2 Å². The van der Waals surface area contributed by atoms with E-state index in [2.05, 4.69) is 4.85 Å². The monoisotopic (exact) mass is 191 g/mol. The third-order valence-electron chi connectivity index (χ3n) is 1.96. The van der Waals surface area contributed by atoms with Gasteiger partial charge in [0.15, 0.2) is 6.10 Å². The maximum absolute atomic E-state index is 9.60. The highest BCUT2D eigenvalue weighted by Gasteiger charge is 2.11. The summed E-state index contributed by atoms with van der Waals surface area (Å²) in [7, 11) is 1.58. The Labute approximate surface area is 83.8 Å². The van der Waals surface area contributed by atoms with Crippen LogP contribution in [0.2, 0.25) is 0 Å². The van der Waals surface area contributed by atoms with Crippen molar-refractivity contribution in [3.8, 4) is 5.75 Å². The van der Waals surface area contributed by atoms with Gasteiger partial charge < -0.3 is 14.7 Å². The summed E-state index contributed by atoms with van der Waals surface area (Å²) < 4.78 is 5.08. The normalized spacial score (nSPS) is 11.9. The standard InChI is InChI=1S/C11H13NO2/c1-8-4-9(11(13)7-12-2)6-10(5-8)14-3/h4-6,11,13H,7H2,1,3H3. The first-order chi connectivity index (χ1) is 6.67. The lowest BCUT2D eigenvalue weighted by molar-refractivity contribution is 0.195. The van der Waals surface area contributed by atoms with Crippen molar-refractivity contribution < 1.29 is 9.84 Å². The van der Waals surface area contributed by atoms with Gasteiger partial charge in [0.25, 0.3) is 0 Å². The number of ether oxygens (including phenoxy) is 1. The third kappa shape index (κ3) is 2.48. The molecule has 0 aliphatic heterocycles. The first-order valence-corrected chi connectivity index (χ1v) is 4.34. The first kappa shape index (κ1) is 10.6. The highest BCUT2D eigenvalue weighted by atomic mass is 16.5. The Balaban J connectivity index is 2.97. The fourth-order valence-electron chi connectivity index (χ4n) is 1.28. The molecular weight excluding hydrogens is 178 g/mol. The Kier molecular flexibility index (Phi) is 3.49. The van der Waals surface area contributed by atoms with Gasteiger partial charge in [-0.3, -0.25) is 0 Å². The fourth-order valence-corrected chi connectivity index (χ4v) is 1.28. The predicted molar refractivity (Wildman–Crippen MR) is 54.2 cm³/mol. The van der Waals surface area contributed by atoms with Gasteiger partial charge in [-0.15, -0.1) is 0 Å². The van der Waals surface area contributed by atoms with Crippen molar-refractivity contribution in [3.63, 3.8) is 0 Å². The largest absolute Gasteiger partial charge is 0.497 e. The highest BCUT2D eigenvalue weighted by Crippen LogP contribution is 2.21. The van der Waals surface area contributed by atoms with Gasteiger partial charge >= 0.3 is 0 Å². The minimum atomic E-state index is -0.721. The van der Waals surface area contributed by atoms with Crippen molar-refractivity contribution in [3.05, 3.63) is 40.7 Å². The van der Waals surface area contributed by atoms with E-state index in [0.717, 1.165) is 11.1 Å². The Morgan fingerprint density at radius 3 is 2.79 bits per heavy atom. The second kappa shape index (κ2) is 4.64. The molecule has 3 heteroatoms. The number of hydrogen-bond donors (Lipinski definition) is 1. The van der Waals surface area contributed by atoms with Crippen LogP contribution in [0, 0.1) is 13.5 Å². The maximum atomic E-state index is 9.60. The molecule has 1 N–H and O–H groups in total. The van der Waals surface area contributed by atoms with Crippen LogP contribution < -0.4 is 4.74 Å².